The Hall–Kier alpha value is -1.11. The average Bonchev–Trinajstić information content (AvgIpc) is 2.16. The zero-order valence-electron chi connectivity index (χ0n) is 9.21. The molecule has 0 saturated heterocycles. The van der Waals surface area contributed by atoms with Gasteiger partial charge < -0.3 is 0 Å². The lowest BCUT2D eigenvalue weighted by molar-refractivity contribution is 0.112. The van der Waals surface area contributed by atoms with Gasteiger partial charge in [-0.1, -0.05) is 32.9 Å². The van der Waals surface area contributed by atoms with E-state index in [0.29, 0.717) is 5.92 Å². The van der Waals surface area contributed by atoms with E-state index >= 15 is 0 Å². The molecule has 0 amide bonds. The molecule has 1 nitrogen and oxygen atoms in total. The number of aryl methyl sites for hydroxylation is 1. The standard InChI is InChI=1S/C13H18O/c1-4-12-6-5-11(9-14)8-13(12)7-10(2)3/h5-6,8-10H,4,7H2,1-3H3. The zero-order valence-corrected chi connectivity index (χ0v) is 9.21. The van der Waals surface area contributed by atoms with Gasteiger partial charge in [-0.25, -0.2) is 0 Å². The number of hydrogen-bond donors (Lipinski definition) is 0. The van der Waals surface area contributed by atoms with Gasteiger partial charge in [-0.2, -0.15) is 0 Å². The van der Waals surface area contributed by atoms with Crippen molar-refractivity contribution < 1.29 is 4.79 Å². The normalized spacial score (nSPS) is 10.6. The van der Waals surface area contributed by atoms with E-state index in [0.717, 1.165) is 24.7 Å². The van der Waals surface area contributed by atoms with Gasteiger partial charge in [0, 0.05) is 5.56 Å². The summed E-state index contributed by atoms with van der Waals surface area (Å²) in [6.45, 7) is 6.56. The molecule has 1 aromatic rings. The van der Waals surface area contributed by atoms with E-state index in [4.69, 9.17) is 0 Å². The van der Waals surface area contributed by atoms with Crippen molar-refractivity contribution in [1.29, 1.82) is 0 Å². The van der Waals surface area contributed by atoms with Gasteiger partial charge >= 0.3 is 0 Å². The van der Waals surface area contributed by atoms with Crippen LogP contribution < -0.4 is 0 Å². The van der Waals surface area contributed by atoms with E-state index in [1.807, 2.05) is 12.1 Å². The van der Waals surface area contributed by atoms with Crippen molar-refractivity contribution >= 4 is 6.29 Å². The summed E-state index contributed by atoms with van der Waals surface area (Å²) in [4.78, 5) is 10.6. The predicted octanol–water partition coefficient (Wildman–Crippen LogP) is 3.26. The number of benzene rings is 1. The van der Waals surface area contributed by atoms with Crippen molar-refractivity contribution in [2.75, 3.05) is 0 Å². The van der Waals surface area contributed by atoms with E-state index in [1.54, 1.807) is 0 Å². The topological polar surface area (TPSA) is 17.1 Å². The zero-order chi connectivity index (χ0) is 10.6. The maximum atomic E-state index is 10.6. The van der Waals surface area contributed by atoms with E-state index in [1.165, 1.54) is 11.1 Å². The third-order valence-corrected chi connectivity index (χ3v) is 2.38. The van der Waals surface area contributed by atoms with Gasteiger partial charge in [0.2, 0.25) is 0 Å². The van der Waals surface area contributed by atoms with Crippen LogP contribution in [0.1, 0.15) is 42.3 Å². The van der Waals surface area contributed by atoms with Gasteiger partial charge in [-0.05, 0) is 36.0 Å². The Balaban J connectivity index is 3.01. The second-order valence-electron chi connectivity index (χ2n) is 4.10. The monoisotopic (exact) mass is 190 g/mol. The van der Waals surface area contributed by atoms with Crippen LogP contribution in [0, 0.1) is 5.92 Å². The van der Waals surface area contributed by atoms with Crippen LogP contribution in [-0.4, -0.2) is 6.29 Å². The Morgan fingerprint density at radius 3 is 2.50 bits per heavy atom. The lowest BCUT2D eigenvalue weighted by Gasteiger charge is -2.10. The molecule has 0 saturated carbocycles. The maximum Gasteiger partial charge on any atom is 0.150 e. The first-order chi connectivity index (χ1) is 6.67. The molecule has 0 unspecified atom stereocenters. The average molecular weight is 190 g/mol. The van der Waals surface area contributed by atoms with Crippen LogP contribution in [0.3, 0.4) is 0 Å². The number of hydrogen-bond acceptors (Lipinski definition) is 1. The molecule has 1 aromatic carbocycles. The van der Waals surface area contributed by atoms with Crippen molar-refractivity contribution in [3.8, 4) is 0 Å². The minimum atomic E-state index is 0.641. The first-order valence-electron chi connectivity index (χ1n) is 5.24. The van der Waals surface area contributed by atoms with Crippen LogP contribution in [0.15, 0.2) is 18.2 Å². The van der Waals surface area contributed by atoms with Crippen LogP contribution in [0.5, 0.6) is 0 Å². The highest BCUT2D eigenvalue weighted by Crippen LogP contribution is 2.16. The molecule has 0 fully saturated rings. The lowest BCUT2D eigenvalue weighted by atomic mass is 9.95. The highest BCUT2D eigenvalue weighted by molar-refractivity contribution is 5.75. The molecule has 0 aromatic heterocycles. The molecule has 0 atom stereocenters. The van der Waals surface area contributed by atoms with E-state index in [-0.39, 0.29) is 0 Å². The SMILES string of the molecule is CCc1ccc(C=O)cc1CC(C)C. The Labute approximate surface area is 86.1 Å². The quantitative estimate of drug-likeness (QED) is 0.666. The minimum absolute atomic E-state index is 0.641. The number of carbonyl (C=O) groups excluding carboxylic acids is 1. The summed E-state index contributed by atoms with van der Waals surface area (Å²) in [5.41, 5.74) is 3.48. The van der Waals surface area contributed by atoms with E-state index in [9.17, 15) is 4.79 Å². The van der Waals surface area contributed by atoms with Crippen LogP contribution >= 0.6 is 0 Å². The van der Waals surface area contributed by atoms with Gasteiger partial charge in [0.1, 0.15) is 6.29 Å². The molecule has 0 radical (unpaired) electrons. The minimum Gasteiger partial charge on any atom is -0.298 e. The third-order valence-electron chi connectivity index (χ3n) is 2.38. The molecular formula is C13H18O. The lowest BCUT2D eigenvalue weighted by Crippen LogP contribution is -2.00. The second kappa shape index (κ2) is 4.94. The molecule has 0 aliphatic heterocycles. The molecule has 0 aliphatic carbocycles. The Kier molecular flexibility index (Phi) is 3.87. The largest absolute Gasteiger partial charge is 0.298 e. The summed E-state index contributed by atoms with van der Waals surface area (Å²) in [5, 5.41) is 0. The maximum absolute atomic E-state index is 10.6. The van der Waals surface area contributed by atoms with Crippen molar-refractivity contribution in [2.45, 2.75) is 33.6 Å². The molecule has 0 bridgehead atoms. The van der Waals surface area contributed by atoms with Crippen LogP contribution in [-0.2, 0) is 12.8 Å². The third kappa shape index (κ3) is 2.69. The fraction of sp³-hybridized carbons (Fsp3) is 0.462. The summed E-state index contributed by atoms with van der Waals surface area (Å²) in [5.74, 6) is 0.641. The number of carbonyl (C=O) groups is 1. The van der Waals surface area contributed by atoms with Gasteiger partial charge in [-0.15, -0.1) is 0 Å². The summed E-state index contributed by atoms with van der Waals surface area (Å²) in [6, 6.07) is 5.99. The Morgan fingerprint density at radius 1 is 1.29 bits per heavy atom. The fourth-order valence-electron chi connectivity index (χ4n) is 1.69. The Bertz CT molecular complexity index is 313. The van der Waals surface area contributed by atoms with Crippen molar-refractivity contribution in [3.05, 3.63) is 34.9 Å². The van der Waals surface area contributed by atoms with Crippen molar-refractivity contribution in [1.82, 2.24) is 0 Å². The molecule has 76 valence electrons. The van der Waals surface area contributed by atoms with E-state index in [2.05, 4.69) is 26.8 Å². The molecular weight excluding hydrogens is 172 g/mol. The molecule has 1 rings (SSSR count). The van der Waals surface area contributed by atoms with Gasteiger partial charge in [-0.3, -0.25) is 4.79 Å². The second-order valence-corrected chi connectivity index (χ2v) is 4.10. The molecule has 0 N–H and O–H groups in total. The molecule has 0 aliphatic rings. The van der Waals surface area contributed by atoms with Crippen molar-refractivity contribution in [2.24, 2.45) is 5.92 Å². The summed E-state index contributed by atoms with van der Waals surface area (Å²) < 4.78 is 0. The van der Waals surface area contributed by atoms with Gasteiger partial charge in [0.25, 0.3) is 0 Å². The highest BCUT2D eigenvalue weighted by atomic mass is 16.1. The number of rotatable bonds is 4. The van der Waals surface area contributed by atoms with Gasteiger partial charge in [0.05, 0.1) is 0 Å². The molecule has 0 heterocycles. The van der Waals surface area contributed by atoms with Gasteiger partial charge in [0.15, 0.2) is 0 Å². The van der Waals surface area contributed by atoms with E-state index < -0.39 is 0 Å². The number of aldehydes is 1. The first kappa shape index (κ1) is 11.0. The molecule has 0 spiro atoms. The van der Waals surface area contributed by atoms with Crippen LogP contribution in [0.25, 0.3) is 0 Å². The van der Waals surface area contributed by atoms with Crippen molar-refractivity contribution in [3.63, 3.8) is 0 Å². The van der Waals surface area contributed by atoms with Crippen LogP contribution in [0.4, 0.5) is 0 Å². The first-order valence-corrected chi connectivity index (χ1v) is 5.24. The highest BCUT2D eigenvalue weighted by Gasteiger charge is 2.04. The fourth-order valence-corrected chi connectivity index (χ4v) is 1.69. The summed E-state index contributed by atoms with van der Waals surface area (Å²) in [6.07, 6.45) is 3.02. The smallest absolute Gasteiger partial charge is 0.150 e. The Morgan fingerprint density at radius 2 is 2.00 bits per heavy atom. The summed E-state index contributed by atoms with van der Waals surface area (Å²) >= 11 is 0. The molecule has 14 heavy (non-hydrogen) atoms. The predicted molar refractivity (Wildman–Crippen MR) is 59.7 cm³/mol. The summed E-state index contributed by atoms with van der Waals surface area (Å²) in [7, 11) is 0. The molecule has 1 heteroatoms. The van der Waals surface area contributed by atoms with Crippen LogP contribution in [0.2, 0.25) is 0 Å².